The Bertz CT molecular complexity index is 605. The van der Waals surface area contributed by atoms with Gasteiger partial charge in [0.2, 0.25) is 0 Å². The first kappa shape index (κ1) is 13.6. The molecule has 0 spiro atoms. The van der Waals surface area contributed by atoms with E-state index in [1.807, 2.05) is 24.3 Å². The lowest BCUT2D eigenvalue weighted by Gasteiger charge is -2.26. The lowest BCUT2D eigenvalue weighted by molar-refractivity contribution is 0.104. The first-order valence-corrected chi connectivity index (χ1v) is 7.44. The maximum atomic E-state index is 9.71. The van der Waals surface area contributed by atoms with Crippen molar-refractivity contribution in [1.29, 1.82) is 0 Å². The summed E-state index contributed by atoms with van der Waals surface area (Å²) in [6.07, 6.45) is 3.90. The Morgan fingerprint density at radius 3 is 2.80 bits per heavy atom. The summed E-state index contributed by atoms with van der Waals surface area (Å²) in [6.45, 7) is 0.817. The Morgan fingerprint density at radius 2 is 2.00 bits per heavy atom. The Hall–Kier alpha value is -1.39. The molecule has 1 aromatic heterocycles. The van der Waals surface area contributed by atoms with Crippen molar-refractivity contribution in [2.75, 3.05) is 11.9 Å². The monoisotopic (exact) mass is 291 g/mol. The van der Waals surface area contributed by atoms with Crippen LogP contribution in [-0.4, -0.2) is 28.0 Å². The van der Waals surface area contributed by atoms with Crippen LogP contribution in [0.4, 0.5) is 5.82 Å². The molecule has 0 amide bonds. The average Bonchev–Trinajstić information content (AvgIpc) is 2.47. The molecule has 106 valence electrons. The molecular weight excluding hydrogens is 274 g/mol. The number of nitrogens with one attached hydrogen (secondary N) is 1. The number of aliphatic hydroxyl groups is 1. The smallest absolute Gasteiger partial charge is 0.159 e. The topological polar surface area (TPSA) is 58.0 Å². The van der Waals surface area contributed by atoms with Gasteiger partial charge in [-0.1, -0.05) is 42.3 Å². The van der Waals surface area contributed by atoms with E-state index < -0.39 is 0 Å². The minimum absolute atomic E-state index is 0.149. The van der Waals surface area contributed by atoms with Gasteiger partial charge < -0.3 is 10.4 Å². The summed E-state index contributed by atoms with van der Waals surface area (Å²) in [5.41, 5.74) is 0. The van der Waals surface area contributed by atoms with Gasteiger partial charge in [-0.3, -0.25) is 0 Å². The van der Waals surface area contributed by atoms with E-state index in [9.17, 15) is 5.11 Å². The van der Waals surface area contributed by atoms with E-state index in [1.54, 1.807) is 0 Å². The van der Waals surface area contributed by atoms with E-state index in [2.05, 4.69) is 15.5 Å². The molecule has 1 aromatic carbocycles. The van der Waals surface area contributed by atoms with Crippen molar-refractivity contribution in [1.82, 2.24) is 10.2 Å². The standard InChI is InChI=1S/C15H18ClN3O/c16-14-12-6-1-2-7-13(12)15(19-18-14)17-9-10-4-3-5-11(20)8-10/h1-2,6-7,10-11,20H,3-5,8-9H2,(H,17,19). The minimum atomic E-state index is -0.149. The van der Waals surface area contributed by atoms with Crippen LogP contribution in [-0.2, 0) is 0 Å². The van der Waals surface area contributed by atoms with Gasteiger partial charge in [0, 0.05) is 17.3 Å². The van der Waals surface area contributed by atoms with Crippen LogP contribution in [0.15, 0.2) is 24.3 Å². The molecule has 2 aromatic rings. The summed E-state index contributed by atoms with van der Waals surface area (Å²) < 4.78 is 0. The van der Waals surface area contributed by atoms with Crippen molar-refractivity contribution >= 4 is 28.2 Å². The zero-order chi connectivity index (χ0) is 13.9. The van der Waals surface area contributed by atoms with E-state index >= 15 is 0 Å². The number of rotatable bonds is 3. The second-order valence-corrected chi connectivity index (χ2v) is 5.81. The highest BCUT2D eigenvalue weighted by molar-refractivity contribution is 6.34. The molecule has 3 rings (SSSR count). The number of aliphatic hydroxyl groups excluding tert-OH is 1. The lowest BCUT2D eigenvalue weighted by Crippen LogP contribution is -2.25. The van der Waals surface area contributed by atoms with Crippen LogP contribution in [0.5, 0.6) is 0 Å². The average molecular weight is 292 g/mol. The molecule has 5 heteroatoms. The van der Waals surface area contributed by atoms with Gasteiger partial charge in [0.15, 0.2) is 11.0 Å². The molecule has 0 saturated heterocycles. The molecule has 0 aliphatic heterocycles. The first-order valence-electron chi connectivity index (χ1n) is 7.07. The largest absolute Gasteiger partial charge is 0.393 e. The molecule has 20 heavy (non-hydrogen) atoms. The molecule has 1 saturated carbocycles. The van der Waals surface area contributed by atoms with Crippen molar-refractivity contribution in [3.05, 3.63) is 29.4 Å². The van der Waals surface area contributed by atoms with E-state index in [0.29, 0.717) is 11.1 Å². The van der Waals surface area contributed by atoms with Crippen LogP contribution in [0, 0.1) is 5.92 Å². The highest BCUT2D eigenvalue weighted by atomic mass is 35.5. The zero-order valence-corrected chi connectivity index (χ0v) is 12.0. The zero-order valence-electron chi connectivity index (χ0n) is 11.2. The number of anilines is 1. The quantitative estimate of drug-likeness (QED) is 0.911. The van der Waals surface area contributed by atoms with Gasteiger partial charge >= 0.3 is 0 Å². The highest BCUT2D eigenvalue weighted by Crippen LogP contribution is 2.28. The van der Waals surface area contributed by atoms with Crippen LogP contribution in [0.3, 0.4) is 0 Å². The molecule has 0 bridgehead atoms. The molecule has 1 aliphatic rings. The van der Waals surface area contributed by atoms with Gasteiger partial charge in [-0.05, 0) is 25.2 Å². The van der Waals surface area contributed by atoms with E-state index in [0.717, 1.165) is 48.8 Å². The maximum Gasteiger partial charge on any atom is 0.159 e. The number of hydrogen-bond acceptors (Lipinski definition) is 4. The fourth-order valence-corrected chi connectivity index (χ4v) is 3.09. The van der Waals surface area contributed by atoms with Gasteiger partial charge in [0.1, 0.15) is 0 Å². The summed E-state index contributed by atoms with van der Waals surface area (Å²) in [7, 11) is 0. The third kappa shape index (κ3) is 2.86. The van der Waals surface area contributed by atoms with Gasteiger partial charge in [-0.25, -0.2) is 0 Å². The fourth-order valence-electron chi connectivity index (χ4n) is 2.89. The maximum absolute atomic E-state index is 9.71. The number of benzene rings is 1. The van der Waals surface area contributed by atoms with Gasteiger partial charge in [-0.15, -0.1) is 10.2 Å². The fraction of sp³-hybridized carbons (Fsp3) is 0.467. The molecule has 2 N–H and O–H groups in total. The molecule has 1 aliphatic carbocycles. The summed E-state index contributed by atoms with van der Waals surface area (Å²) in [6, 6.07) is 7.85. The van der Waals surface area contributed by atoms with Crippen LogP contribution >= 0.6 is 11.6 Å². The third-order valence-corrected chi connectivity index (χ3v) is 4.23. The predicted molar refractivity (Wildman–Crippen MR) is 81.0 cm³/mol. The van der Waals surface area contributed by atoms with Gasteiger partial charge in [-0.2, -0.15) is 0 Å². The van der Waals surface area contributed by atoms with Crippen molar-refractivity contribution in [2.24, 2.45) is 5.92 Å². The lowest BCUT2D eigenvalue weighted by atomic mass is 9.87. The van der Waals surface area contributed by atoms with Gasteiger partial charge in [0.25, 0.3) is 0 Å². The number of fused-ring (bicyclic) bond motifs is 1. The number of hydrogen-bond donors (Lipinski definition) is 2. The highest BCUT2D eigenvalue weighted by Gasteiger charge is 2.20. The predicted octanol–water partition coefficient (Wildman–Crippen LogP) is 3.25. The molecule has 4 nitrogen and oxygen atoms in total. The molecule has 2 unspecified atom stereocenters. The summed E-state index contributed by atoms with van der Waals surface area (Å²) in [5.74, 6) is 1.26. The van der Waals surface area contributed by atoms with Crippen LogP contribution in [0.2, 0.25) is 5.15 Å². The second-order valence-electron chi connectivity index (χ2n) is 5.45. The minimum Gasteiger partial charge on any atom is -0.393 e. The number of aromatic nitrogens is 2. The van der Waals surface area contributed by atoms with Crippen molar-refractivity contribution < 1.29 is 5.11 Å². The van der Waals surface area contributed by atoms with E-state index in [-0.39, 0.29) is 6.10 Å². The molecule has 1 heterocycles. The molecular formula is C15H18ClN3O. The van der Waals surface area contributed by atoms with Crippen LogP contribution in [0.25, 0.3) is 10.8 Å². The number of halogens is 1. The Balaban J connectivity index is 1.76. The number of nitrogens with zero attached hydrogens (tertiary/aromatic N) is 2. The Kier molecular flexibility index (Phi) is 4.03. The normalized spacial score (nSPS) is 22.9. The Morgan fingerprint density at radius 1 is 1.20 bits per heavy atom. The third-order valence-electron chi connectivity index (χ3n) is 3.96. The molecule has 1 fully saturated rings. The summed E-state index contributed by atoms with van der Waals surface area (Å²) in [4.78, 5) is 0. The molecule has 0 radical (unpaired) electrons. The first-order chi connectivity index (χ1) is 9.74. The van der Waals surface area contributed by atoms with Crippen LogP contribution in [0.1, 0.15) is 25.7 Å². The second kappa shape index (κ2) is 5.94. The van der Waals surface area contributed by atoms with Crippen molar-refractivity contribution in [3.8, 4) is 0 Å². The Labute approximate surface area is 123 Å². The van der Waals surface area contributed by atoms with E-state index in [1.165, 1.54) is 0 Å². The molecule has 2 atom stereocenters. The van der Waals surface area contributed by atoms with Crippen molar-refractivity contribution in [3.63, 3.8) is 0 Å². The van der Waals surface area contributed by atoms with Gasteiger partial charge in [0.05, 0.1) is 6.10 Å². The summed E-state index contributed by atoms with van der Waals surface area (Å²) >= 11 is 6.06. The van der Waals surface area contributed by atoms with Crippen LogP contribution < -0.4 is 5.32 Å². The van der Waals surface area contributed by atoms with Crippen molar-refractivity contribution in [2.45, 2.75) is 31.8 Å². The van der Waals surface area contributed by atoms with E-state index in [4.69, 9.17) is 11.6 Å². The summed E-state index contributed by atoms with van der Waals surface area (Å²) in [5, 5.41) is 23.5. The SMILES string of the molecule is OC1CCCC(CNc2nnc(Cl)c3ccccc23)C1.